The molecule has 1 saturated heterocycles. The van der Waals surface area contributed by atoms with Gasteiger partial charge in [-0.25, -0.2) is 9.97 Å². The van der Waals surface area contributed by atoms with Crippen molar-refractivity contribution >= 4 is 39.5 Å². The Kier molecular flexibility index (Phi) is 5.60. The zero-order valence-electron chi connectivity index (χ0n) is 17.0. The van der Waals surface area contributed by atoms with Crippen LogP contribution in [0.4, 0.5) is 11.4 Å². The number of benzene rings is 2. The minimum Gasteiger partial charge on any atom is -0.378 e. The summed E-state index contributed by atoms with van der Waals surface area (Å²) in [5, 5.41) is 5.88. The second kappa shape index (κ2) is 8.83. The van der Waals surface area contributed by atoms with Crippen LogP contribution in [-0.2, 0) is 16.0 Å². The molecule has 0 unspecified atom stereocenters. The van der Waals surface area contributed by atoms with Gasteiger partial charge >= 0.3 is 0 Å². The van der Waals surface area contributed by atoms with Crippen LogP contribution < -0.4 is 10.2 Å². The van der Waals surface area contributed by atoms with Gasteiger partial charge in [0.25, 0.3) is 0 Å². The number of nitrogens with one attached hydrogen (secondary N) is 1. The fourth-order valence-electron chi connectivity index (χ4n) is 3.78. The number of fused-ring (bicyclic) bond motifs is 1. The van der Waals surface area contributed by atoms with Crippen LogP contribution in [0.3, 0.4) is 0 Å². The van der Waals surface area contributed by atoms with E-state index >= 15 is 0 Å². The Morgan fingerprint density at radius 3 is 2.81 bits per heavy atom. The zero-order chi connectivity index (χ0) is 21.0. The number of amides is 1. The molecule has 1 N–H and O–H groups in total. The highest BCUT2D eigenvalue weighted by Crippen LogP contribution is 2.28. The average Bonchev–Trinajstić information content (AvgIpc) is 3.32. The van der Waals surface area contributed by atoms with Gasteiger partial charge in [0.15, 0.2) is 0 Å². The molecular weight excluding hydrogens is 408 g/mol. The minimum absolute atomic E-state index is 0.0973. The fourth-order valence-corrected chi connectivity index (χ4v) is 4.33. The first kappa shape index (κ1) is 19.7. The van der Waals surface area contributed by atoms with Crippen LogP contribution in [0.25, 0.3) is 22.2 Å². The number of aromatic nitrogens is 2. The monoisotopic (exact) mass is 430 g/mol. The van der Waals surface area contributed by atoms with Crippen LogP contribution in [0.5, 0.6) is 0 Å². The van der Waals surface area contributed by atoms with Gasteiger partial charge in [-0.2, -0.15) is 0 Å². The summed E-state index contributed by atoms with van der Waals surface area (Å²) in [6.07, 6.45) is 0.251. The number of rotatable bonds is 5. The molecule has 31 heavy (non-hydrogen) atoms. The molecule has 0 bridgehead atoms. The lowest BCUT2D eigenvalue weighted by Gasteiger charge is -2.29. The normalized spacial score (nSPS) is 14.0. The Hall–Kier alpha value is -3.29. The van der Waals surface area contributed by atoms with Crippen molar-refractivity contribution in [2.24, 2.45) is 0 Å². The topological polar surface area (TPSA) is 67.4 Å². The highest BCUT2D eigenvalue weighted by molar-refractivity contribution is 7.07. The van der Waals surface area contributed by atoms with Gasteiger partial charge in [-0.05, 0) is 24.3 Å². The number of pyridine rings is 1. The van der Waals surface area contributed by atoms with Gasteiger partial charge in [-0.3, -0.25) is 4.79 Å². The number of anilines is 2. The molecule has 6 nitrogen and oxygen atoms in total. The number of morpholine rings is 1. The first-order chi connectivity index (χ1) is 15.3. The molecule has 5 rings (SSSR count). The van der Waals surface area contributed by atoms with Crippen molar-refractivity contribution in [3.8, 4) is 11.3 Å². The van der Waals surface area contributed by atoms with E-state index in [4.69, 9.17) is 9.72 Å². The van der Waals surface area contributed by atoms with Crippen molar-refractivity contribution in [3.63, 3.8) is 0 Å². The van der Waals surface area contributed by atoms with Gasteiger partial charge in [-0.1, -0.05) is 30.3 Å². The molecule has 2 aromatic heterocycles. The van der Waals surface area contributed by atoms with Crippen molar-refractivity contribution < 1.29 is 9.53 Å². The van der Waals surface area contributed by atoms with Crippen LogP contribution in [0, 0.1) is 0 Å². The van der Waals surface area contributed by atoms with Gasteiger partial charge in [-0.15, -0.1) is 11.3 Å². The number of hydrogen-bond acceptors (Lipinski definition) is 6. The second-order valence-electron chi connectivity index (χ2n) is 7.43. The van der Waals surface area contributed by atoms with E-state index in [2.05, 4.69) is 45.5 Å². The van der Waals surface area contributed by atoms with E-state index in [1.807, 2.05) is 29.6 Å². The third-order valence-corrected chi connectivity index (χ3v) is 5.97. The number of ether oxygens (including phenoxy) is 1. The molecule has 1 fully saturated rings. The summed E-state index contributed by atoms with van der Waals surface area (Å²) in [7, 11) is 0. The maximum Gasteiger partial charge on any atom is 0.230 e. The van der Waals surface area contributed by atoms with Crippen LogP contribution in [0.2, 0.25) is 0 Å². The summed E-state index contributed by atoms with van der Waals surface area (Å²) in [4.78, 5) is 23.9. The Labute approximate surface area is 184 Å². The first-order valence-corrected chi connectivity index (χ1v) is 11.2. The van der Waals surface area contributed by atoms with Gasteiger partial charge in [0.1, 0.15) is 0 Å². The van der Waals surface area contributed by atoms with E-state index in [0.29, 0.717) is 5.69 Å². The highest BCUT2D eigenvalue weighted by atomic mass is 32.1. The van der Waals surface area contributed by atoms with E-state index in [1.54, 1.807) is 5.51 Å². The van der Waals surface area contributed by atoms with E-state index in [1.165, 1.54) is 17.0 Å². The predicted molar refractivity (Wildman–Crippen MR) is 125 cm³/mol. The molecule has 1 aliphatic rings. The van der Waals surface area contributed by atoms with E-state index in [-0.39, 0.29) is 12.3 Å². The third kappa shape index (κ3) is 4.42. The van der Waals surface area contributed by atoms with Crippen LogP contribution in [0.15, 0.2) is 65.5 Å². The second-order valence-corrected chi connectivity index (χ2v) is 8.15. The smallest absolute Gasteiger partial charge is 0.230 e. The standard InChI is InChI=1S/C24H22N4O2S/c29-23(14-19-15-31-16-25-19)26-22-6-2-3-17-7-8-21(27-24(17)22)18-4-1-5-20(13-18)28-9-11-30-12-10-28/h1-8,13,15-16H,9-12,14H2,(H,26,29). The molecule has 7 heteroatoms. The van der Waals surface area contributed by atoms with Gasteiger partial charge in [0, 0.05) is 35.1 Å². The van der Waals surface area contributed by atoms with Crippen LogP contribution in [-0.4, -0.2) is 42.2 Å². The molecule has 1 aliphatic heterocycles. The Morgan fingerprint density at radius 2 is 1.97 bits per heavy atom. The fraction of sp³-hybridized carbons (Fsp3) is 0.208. The highest BCUT2D eigenvalue weighted by Gasteiger charge is 2.13. The largest absolute Gasteiger partial charge is 0.378 e. The van der Waals surface area contributed by atoms with Crippen molar-refractivity contribution in [2.75, 3.05) is 36.5 Å². The van der Waals surface area contributed by atoms with Crippen molar-refractivity contribution in [1.82, 2.24) is 9.97 Å². The number of nitrogens with zero attached hydrogens (tertiary/aromatic N) is 3. The minimum atomic E-state index is -0.0973. The van der Waals surface area contributed by atoms with Crippen molar-refractivity contribution in [2.45, 2.75) is 6.42 Å². The van der Waals surface area contributed by atoms with Crippen molar-refractivity contribution in [1.29, 1.82) is 0 Å². The number of hydrogen-bond donors (Lipinski definition) is 1. The zero-order valence-corrected chi connectivity index (χ0v) is 17.8. The average molecular weight is 431 g/mol. The molecule has 4 aromatic rings. The molecule has 0 atom stereocenters. The molecule has 1 amide bonds. The van der Waals surface area contributed by atoms with E-state index < -0.39 is 0 Å². The van der Waals surface area contributed by atoms with Crippen molar-refractivity contribution in [3.05, 3.63) is 71.2 Å². The summed E-state index contributed by atoms with van der Waals surface area (Å²) < 4.78 is 5.47. The quantitative estimate of drug-likeness (QED) is 0.509. The third-order valence-electron chi connectivity index (χ3n) is 5.34. The van der Waals surface area contributed by atoms with Gasteiger partial charge < -0.3 is 15.0 Å². The number of carbonyl (C=O) groups excluding carboxylic acids is 1. The lowest BCUT2D eigenvalue weighted by atomic mass is 10.1. The first-order valence-electron chi connectivity index (χ1n) is 10.3. The molecule has 0 saturated carbocycles. The number of thiazole rings is 1. The maximum absolute atomic E-state index is 12.5. The summed E-state index contributed by atoms with van der Waals surface area (Å²) in [6, 6.07) is 18.3. The summed E-state index contributed by atoms with van der Waals surface area (Å²) in [5.41, 5.74) is 7.11. The van der Waals surface area contributed by atoms with E-state index in [9.17, 15) is 4.79 Å². The Balaban J connectivity index is 1.44. The Morgan fingerprint density at radius 1 is 1.10 bits per heavy atom. The molecule has 0 spiro atoms. The lowest BCUT2D eigenvalue weighted by molar-refractivity contribution is -0.115. The summed E-state index contributed by atoms with van der Waals surface area (Å²) in [5.74, 6) is -0.0973. The summed E-state index contributed by atoms with van der Waals surface area (Å²) in [6.45, 7) is 3.29. The Bertz CT molecular complexity index is 1200. The molecular formula is C24H22N4O2S. The molecule has 3 heterocycles. The summed E-state index contributed by atoms with van der Waals surface area (Å²) >= 11 is 1.49. The molecule has 156 valence electrons. The molecule has 0 radical (unpaired) electrons. The van der Waals surface area contributed by atoms with Gasteiger partial charge in [0.2, 0.25) is 5.91 Å². The maximum atomic E-state index is 12.5. The van der Waals surface area contributed by atoms with Crippen LogP contribution in [0.1, 0.15) is 5.69 Å². The number of para-hydroxylation sites is 1. The van der Waals surface area contributed by atoms with E-state index in [0.717, 1.165) is 54.2 Å². The van der Waals surface area contributed by atoms with Gasteiger partial charge in [0.05, 0.1) is 47.7 Å². The SMILES string of the molecule is O=C(Cc1cscn1)Nc1cccc2ccc(-c3cccc(N4CCOCC4)c3)nc12. The van der Waals surface area contributed by atoms with Crippen LogP contribution >= 0.6 is 11.3 Å². The molecule has 2 aromatic carbocycles. The predicted octanol–water partition coefficient (Wildman–Crippen LogP) is 4.38. The number of carbonyl (C=O) groups is 1. The lowest BCUT2D eigenvalue weighted by Crippen LogP contribution is -2.36. The molecule has 0 aliphatic carbocycles.